The molecule has 3 aromatic rings. The van der Waals surface area contributed by atoms with E-state index in [9.17, 15) is 13.2 Å². The van der Waals surface area contributed by atoms with Gasteiger partial charge in [0.25, 0.3) is 0 Å². The van der Waals surface area contributed by atoms with Crippen molar-refractivity contribution in [1.82, 2.24) is 20.3 Å². The Bertz CT molecular complexity index is 1310. The SMILES string of the molecule is CN/C(=C\C=N)c1ccc(Nc2nc(NC3CCCC3)c3c(C(F)(F)F)c[nH]c3n2)c2c1OCCO2. The minimum absolute atomic E-state index is 0.0521. The fraction of sp³-hybridized carbons (Fsp3) is 0.375. The second-order valence-corrected chi connectivity index (χ2v) is 8.58. The maximum Gasteiger partial charge on any atom is 0.418 e. The molecule has 0 atom stereocenters. The third kappa shape index (κ3) is 4.50. The van der Waals surface area contributed by atoms with E-state index in [0.29, 0.717) is 41.7 Å². The molecule has 0 unspecified atom stereocenters. The van der Waals surface area contributed by atoms with Gasteiger partial charge in [0.05, 0.1) is 16.6 Å². The highest BCUT2D eigenvalue weighted by Gasteiger charge is 2.36. The Morgan fingerprint density at radius 3 is 2.58 bits per heavy atom. The van der Waals surface area contributed by atoms with Crippen LogP contribution in [0, 0.1) is 5.41 Å². The topological polar surface area (TPSA) is 120 Å². The number of nitrogens with one attached hydrogen (secondary N) is 5. The predicted molar refractivity (Wildman–Crippen MR) is 131 cm³/mol. The van der Waals surface area contributed by atoms with Crippen LogP contribution in [0.4, 0.5) is 30.6 Å². The van der Waals surface area contributed by atoms with Gasteiger partial charge < -0.3 is 35.8 Å². The van der Waals surface area contributed by atoms with E-state index in [4.69, 9.17) is 14.9 Å². The number of anilines is 3. The lowest BCUT2D eigenvalue weighted by Gasteiger charge is -2.24. The van der Waals surface area contributed by atoms with Crippen LogP contribution in [0.15, 0.2) is 24.4 Å². The summed E-state index contributed by atoms with van der Waals surface area (Å²) in [6.07, 6.45) is 2.93. The van der Waals surface area contributed by atoms with Gasteiger partial charge in [-0.3, -0.25) is 0 Å². The molecule has 1 fully saturated rings. The van der Waals surface area contributed by atoms with Gasteiger partial charge in [0, 0.05) is 36.8 Å². The van der Waals surface area contributed by atoms with E-state index in [2.05, 4.69) is 30.9 Å². The Balaban J connectivity index is 1.56. The van der Waals surface area contributed by atoms with Gasteiger partial charge in [0.15, 0.2) is 11.5 Å². The summed E-state index contributed by atoms with van der Waals surface area (Å²) < 4.78 is 52.9. The van der Waals surface area contributed by atoms with Crippen molar-refractivity contribution < 1.29 is 22.6 Å². The molecule has 36 heavy (non-hydrogen) atoms. The van der Waals surface area contributed by atoms with Gasteiger partial charge in [-0.05, 0) is 31.1 Å². The molecule has 0 spiro atoms. The third-order valence-electron chi connectivity index (χ3n) is 6.28. The molecule has 5 rings (SSSR count). The zero-order valence-electron chi connectivity index (χ0n) is 19.6. The van der Waals surface area contributed by atoms with Gasteiger partial charge in [-0.25, -0.2) is 0 Å². The van der Waals surface area contributed by atoms with Gasteiger partial charge in [-0.1, -0.05) is 12.8 Å². The number of halogens is 3. The highest BCUT2D eigenvalue weighted by Crippen LogP contribution is 2.44. The van der Waals surface area contributed by atoms with Crippen molar-refractivity contribution in [2.75, 3.05) is 30.9 Å². The molecule has 12 heteroatoms. The molecule has 3 heterocycles. The number of ether oxygens (including phenoxy) is 2. The molecule has 2 aliphatic rings. The Morgan fingerprint density at radius 2 is 1.89 bits per heavy atom. The molecule has 190 valence electrons. The van der Waals surface area contributed by atoms with E-state index in [-0.39, 0.29) is 28.8 Å². The number of fused-ring (bicyclic) bond motifs is 2. The van der Waals surface area contributed by atoms with Crippen LogP contribution in [0.2, 0.25) is 0 Å². The Labute approximate surface area is 205 Å². The van der Waals surface area contributed by atoms with E-state index < -0.39 is 11.7 Å². The molecule has 0 saturated heterocycles. The van der Waals surface area contributed by atoms with Crippen LogP contribution in [0.25, 0.3) is 16.7 Å². The van der Waals surface area contributed by atoms with Crippen LogP contribution in [0.3, 0.4) is 0 Å². The van der Waals surface area contributed by atoms with E-state index in [1.807, 2.05) is 0 Å². The van der Waals surface area contributed by atoms with Crippen LogP contribution in [-0.4, -0.2) is 47.5 Å². The molecule has 1 aliphatic carbocycles. The number of benzene rings is 1. The number of hydrogen-bond donors (Lipinski definition) is 5. The van der Waals surface area contributed by atoms with Crippen molar-refractivity contribution in [1.29, 1.82) is 5.41 Å². The molecular formula is C24H26F3N7O2. The van der Waals surface area contributed by atoms with Crippen LogP contribution in [-0.2, 0) is 6.18 Å². The van der Waals surface area contributed by atoms with E-state index in [1.54, 1.807) is 25.3 Å². The molecule has 1 aromatic carbocycles. The lowest BCUT2D eigenvalue weighted by Crippen LogP contribution is -2.19. The first-order valence-electron chi connectivity index (χ1n) is 11.7. The van der Waals surface area contributed by atoms with Crippen molar-refractivity contribution in [3.05, 3.63) is 35.5 Å². The maximum absolute atomic E-state index is 13.7. The van der Waals surface area contributed by atoms with Gasteiger partial charge in [0.1, 0.15) is 24.7 Å². The van der Waals surface area contributed by atoms with Crippen molar-refractivity contribution >= 4 is 40.4 Å². The number of rotatable bonds is 7. The molecular weight excluding hydrogens is 475 g/mol. The molecule has 2 aromatic heterocycles. The highest BCUT2D eigenvalue weighted by atomic mass is 19.4. The minimum atomic E-state index is -4.54. The Morgan fingerprint density at radius 1 is 1.14 bits per heavy atom. The number of alkyl halides is 3. The van der Waals surface area contributed by atoms with Crippen molar-refractivity contribution in [2.24, 2.45) is 0 Å². The molecule has 0 radical (unpaired) electrons. The summed E-state index contributed by atoms with van der Waals surface area (Å²) >= 11 is 0. The first kappa shape index (κ1) is 23.8. The summed E-state index contributed by atoms with van der Waals surface area (Å²) in [7, 11) is 1.74. The first-order valence-corrected chi connectivity index (χ1v) is 11.7. The summed E-state index contributed by atoms with van der Waals surface area (Å²) in [6.45, 7) is 0.680. The van der Waals surface area contributed by atoms with E-state index in [1.165, 1.54) is 6.21 Å². The molecule has 9 nitrogen and oxygen atoms in total. The van der Waals surface area contributed by atoms with Gasteiger partial charge in [0.2, 0.25) is 5.95 Å². The zero-order valence-corrected chi connectivity index (χ0v) is 19.6. The van der Waals surface area contributed by atoms with Crippen molar-refractivity contribution in [2.45, 2.75) is 37.9 Å². The number of H-pyrrole nitrogens is 1. The Hall–Kier alpha value is -3.96. The summed E-state index contributed by atoms with van der Waals surface area (Å²) in [4.78, 5) is 11.4. The zero-order chi connectivity index (χ0) is 25.3. The quantitative estimate of drug-likeness (QED) is 0.287. The number of aromatic nitrogens is 3. The van der Waals surface area contributed by atoms with Crippen molar-refractivity contribution in [3.63, 3.8) is 0 Å². The monoisotopic (exact) mass is 501 g/mol. The highest BCUT2D eigenvalue weighted by molar-refractivity contribution is 5.93. The van der Waals surface area contributed by atoms with Crippen LogP contribution in [0.5, 0.6) is 11.5 Å². The maximum atomic E-state index is 13.7. The average molecular weight is 502 g/mol. The summed E-state index contributed by atoms with van der Waals surface area (Å²) in [5.41, 5.74) is 1.16. The number of allylic oxidation sites excluding steroid dienone is 1. The second-order valence-electron chi connectivity index (χ2n) is 8.58. The molecule has 1 saturated carbocycles. The Kier molecular flexibility index (Phi) is 6.33. The smallest absolute Gasteiger partial charge is 0.418 e. The van der Waals surface area contributed by atoms with Gasteiger partial charge in [-0.15, -0.1) is 0 Å². The summed E-state index contributed by atoms with van der Waals surface area (Å²) in [6, 6.07) is 3.61. The lowest BCUT2D eigenvalue weighted by molar-refractivity contribution is -0.136. The average Bonchev–Trinajstić information content (AvgIpc) is 3.53. The standard InChI is InChI=1S/C24H26F3N7O2/c1-29-16(8-9-28)14-6-7-17(20-19(14)35-10-11-36-20)32-23-33-21-18(15(12-30-21)24(25,26)27)22(34-23)31-13-4-2-3-5-13/h6-9,12-13,28-29H,2-5,10-11H2,1H3,(H3,30,31,32,33,34)/b16-8-,28-9?. The van der Waals surface area contributed by atoms with Gasteiger partial charge >= 0.3 is 6.18 Å². The molecule has 0 bridgehead atoms. The fourth-order valence-electron chi connectivity index (χ4n) is 4.64. The molecule has 5 N–H and O–H groups in total. The lowest BCUT2D eigenvalue weighted by atomic mass is 10.1. The summed E-state index contributed by atoms with van der Waals surface area (Å²) in [5, 5.41) is 16.7. The normalized spacial score (nSPS) is 16.3. The number of nitrogens with zero attached hydrogens (tertiary/aromatic N) is 2. The van der Waals surface area contributed by atoms with Crippen molar-refractivity contribution in [3.8, 4) is 11.5 Å². The predicted octanol–water partition coefficient (Wildman–Crippen LogP) is 5.06. The van der Waals surface area contributed by atoms with Crippen LogP contribution >= 0.6 is 0 Å². The number of aromatic amines is 1. The van der Waals surface area contributed by atoms with E-state index >= 15 is 0 Å². The number of hydrogen-bond acceptors (Lipinski definition) is 8. The second kappa shape index (κ2) is 9.59. The fourth-order valence-corrected chi connectivity index (χ4v) is 4.64. The summed E-state index contributed by atoms with van der Waals surface area (Å²) in [5.74, 6) is 1.17. The van der Waals surface area contributed by atoms with Gasteiger partial charge in [-0.2, -0.15) is 23.1 Å². The molecule has 1 aliphatic heterocycles. The molecule has 0 amide bonds. The van der Waals surface area contributed by atoms with Crippen LogP contribution in [0.1, 0.15) is 36.8 Å². The van der Waals surface area contributed by atoms with E-state index in [0.717, 1.165) is 31.9 Å². The first-order chi connectivity index (χ1) is 17.4. The minimum Gasteiger partial charge on any atom is -0.485 e. The third-order valence-corrected chi connectivity index (χ3v) is 6.28. The van der Waals surface area contributed by atoms with Crippen LogP contribution < -0.4 is 25.4 Å². The largest absolute Gasteiger partial charge is 0.485 e.